The molecule has 0 aliphatic heterocycles. The number of hydrogen-bond donors (Lipinski definition) is 2. The molecule has 2 amide bonds. The number of nitrogens with zero attached hydrogens (tertiary/aromatic N) is 4. The van der Waals surface area contributed by atoms with Crippen LogP contribution in [-0.2, 0) is 6.18 Å². The van der Waals surface area contributed by atoms with Crippen molar-refractivity contribution in [3.63, 3.8) is 0 Å². The topological polar surface area (TPSA) is 111 Å². The van der Waals surface area contributed by atoms with E-state index in [9.17, 15) is 27.2 Å². The minimum atomic E-state index is -4.93. The van der Waals surface area contributed by atoms with Gasteiger partial charge in [-0.1, -0.05) is 12.1 Å². The molecule has 0 saturated heterocycles. The molecule has 0 atom stereocenters. The Balaban J connectivity index is 1.69. The molecule has 0 spiro atoms. The summed E-state index contributed by atoms with van der Waals surface area (Å²) in [4.78, 5) is 24.3. The van der Waals surface area contributed by atoms with Gasteiger partial charge in [-0.3, -0.25) is 9.59 Å². The van der Waals surface area contributed by atoms with Crippen LogP contribution in [0.2, 0.25) is 0 Å². The Kier molecular flexibility index (Phi) is 6.66. The van der Waals surface area contributed by atoms with Crippen LogP contribution in [-0.4, -0.2) is 52.0 Å². The van der Waals surface area contributed by atoms with E-state index in [1.54, 1.807) is 0 Å². The van der Waals surface area contributed by atoms with Gasteiger partial charge in [0.25, 0.3) is 11.8 Å². The monoisotopic (exact) mass is 452 g/mol. The predicted molar refractivity (Wildman–Crippen MR) is 102 cm³/mol. The number of methoxy groups -OCH3 is 1. The highest BCUT2D eigenvalue weighted by Gasteiger charge is 2.41. The summed E-state index contributed by atoms with van der Waals surface area (Å²) < 4.78 is 59.8. The maximum atomic E-state index is 13.6. The summed E-state index contributed by atoms with van der Waals surface area (Å²) in [6.45, 7) is -0.345. The molecule has 0 fully saturated rings. The molecule has 13 heteroatoms. The number of carbonyl (C=O) groups is 2. The van der Waals surface area contributed by atoms with Gasteiger partial charge < -0.3 is 15.4 Å². The van der Waals surface area contributed by atoms with Crippen LogP contribution in [0.3, 0.4) is 0 Å². The molecule has 0 saturated carbocycles. The molecule has 3 aromatic rings. The van der Waals surface area contributed by atoms with Crippen molar-refractivity contribution in [2.45, 2.75) is 6.18 Å². The smallest absolute Gasteiger partial charge is 0.434 e. The lowest BCUT2D eigenvalue weighted by Crippen LogP contribution is -2.35. The summed E-state index contributed by atoms with van der Waals surface area (Å²) in [6, 6.07) is 7.78. The molecule has 9 nitrogen and oxygen atoms in total. The zero-order chi connectivity index (χ0) is 23.3. The number of carbonyl (C=O) groups excluding carboxylic acids is 2. The van der Waals surface area contributed by atoms with Crippen LogP contribution in [0.4, 0.5) is 17.6 Å². The molecule has 3 rings (SSSR count). The van der Waals surface area contributed by atoms with E-state index in [2.05, 4.69) is 25.9 Å². The van der Waals surface area contributed by atoms with Gasteiger partial charge in [0, 0.05) is 19.2 Å². The van der Waals surface area contributed by atoms with Crippen LogP contribution in [0.1, 0.15) is 26.4 Å². The Hall–Kier alpha value is -4.03. The van der Waals surface area contributed by atoms with E-state index >= 15 is 0 Å². The molecule has 0 unspecified atom stereocenters. The Bertz CT molecular complexity index is 1110. The Morgan fingerprint density at radius 2 is 1.66 bits per heavy atom. The van der Waals surface area contributed by atoms with Crippen LogP contribution in [0.15, 0.2) is 42.6 Å². The third-order valence-corrected chi connectivity index (χ3v) is 4.15. The van der Waals surface area contributed by atoms with E-state index in [0.717, 1.165) is 12.3 Å². The molecule has 0 aliphatic rings. The first kappa shape index (κ1) is 22.7. The predicted octanol–water partition coefficient (Wildman–Crippen LogP) is 1.99. The molecular weight excluding hydrogens is 436 g/mol. The highest BCUT2D eigenvalue weighted by atomic mass is 19.4. The summed E-state index contributed by atoms with van der Waals surface area (Å²) in [5, 5.41) is 15.4. The SMILES string of the molecule is COc1ccc(-n2ncc(C(=O)NCCNC(=O)c3ccccc3F)c2C(F)(F)F)nn1. The van der Waals surface area contributed by atoms with Gasteiger partial charge in [-0.25, -0.2) is 9.07 Å². The lowest BCUT2D eigenvalue weighted by molar-refractivity contribution is -0.143. The van der Waals surface area contributed by atoms with Crippen molar-refractivity contribution in [1.82, 2.24) is 30.6 Å². The highest BCUT2D eigenvalue weighted by molar-refractivity contribution is 5.96. The Labute approximate surface area is 178 Å². The fraction of sp³-hybridized carbons (Fsp3) is 0.211. The molecule has 168 valence electrons. The fourth-order valence-corrected chi connectivity index (χ4v) is 2.68. The third-order valence-electron chi connectivity index (χ3n) is 4.15. The van der Waals surface area contributed by atoms with Gasteiger partial charge in [0.15, 0.2) is 11.5 Å². The van der Waals surface area contributed by atoms with E-state index in [4.69, 9.17) is 4.74 Å². The van der Waals surface area contributed by atoms with Gasteiger partial charge in [0.1, 0.15) is 5.82 Å². The summed E-state index contributed by atoms with van der Waals surface area (Å²) in [5.41, 5.74) is -2.28. The second-order valence-electron chi connectivity index (χ2n) is 6.24. The average molecular weight is 452 g/mol. The summed E-state index contributed by atoms with van der Waals surface area (Å²) in [6.07, 6.45) is -4.17. The zero-order valence-corrected chi connectivity index (χ0v) is 16.5. The number of amides is 2. The van der Waals surface area contributed by atoms with E-state index in [-0.39, 0.29) is 30.4 Å². The van der Waals surface area contributed by atoms with Gasteiger partial charge in [0.2, 0.25) is 5.88 Å². The van der Waals surface area contributed by atoms with Gasteiger partial charge in [-0.05, 0) is 18.2 Å². The highest BCUT2D eigenvalue weighted by Crippen LogP contribution is 2.33. The molecule has 0 aliphatic carbocycles. The number of hydrogen-bond acceptors (Lipinski definition) is 6. The first-order valence-electron chi connectivity index (χ1n) is 9.06. The van der Waals surface area contributed by atoms with Crippen molar-refractivity contribution in [2.24, 2.45) is 0 Å². The summed E-state index contributed by atoms with van der Waals surface area (Å²) in [7, 11) is 1.32. The largest absolute Gasteiger partial charge is 0.480 e. The molecule has 2 heterocycles. The molecular formula is C19H16F4N6O3. The van der Waals surface area contributed by atoms with Crippen molar-refractivity contribution >= 4 is 11.8 Å². The summed E-state index contributed by atoms with van der Waals surface area (Å²) >= 11 is 0. The van der Waals surface area contributed by atoms with Gasteiger partial charge in [-0.15, -0.1) is 10.2 Å². The second kappa shape index (κ2) is 9.41. The second-order valence-corrected chi connectivity index (χ2v) is 6.24. The van der Waals surface area contributed by atoms with Crippen molar-refractivity contribution in [1.29, 1.82) is 0 Å². The van der Waals surface area contributed by atoms with Crippen molar-refractivity contribution in [2.75, 3.05) is 20.2 Å². The minimum absolute atomic E-state index is 0.0878. The van der Waals surface area contributed by atoms with Crippen LogP contribution in [0.25, 0.3) is 5.82 Å². The molecule has 1 aromatic carbocycles. The van der Waals surface area contributed by atoms with Crippen LogP contribution in [0, 0.1) is 5.82 Å². The number of aromatic nitrogens is 4. The normalized spacial score (nSPS) is 11.2. The lowest BCUT2D eigenvalue weighted by Gasteiger charge is -2.12. The van der Waals surface area contributed by atoms with Gasteiger partial charge in [0.05, 0.1) is 24.4 Å². The van der Waals surface area contributed by atoms with Gasteiger partial charge in [-0.2, -0.15) is 18.3 Å². The Morgan fingerprint density at radius 1 is 1.00 bits per heavy atom. The standard InChI is InChI=1S/C19H16F4N6O3/c1-32-15-7-6-14(27-28-15)29-16(19(21,22)23)12(10-26-29)18(31)25-9-8-24-17(30)11-4-2-3-5-13(11)20/h2-7,10H,8-9H2,1H3,(H,24,30)(H,25,31). The molecule has 0 bridgehead atoms. The maximum Gasteiger partial charge on any atom is 0.434 e. The third kappa shape index (κ3) is 4.99. The van der Waals surface area contributed by atoms with E-state index < -0.39 is 35.1 Å². The number of ether oxygens (including phenoxy) is 1. The van der Waals surface area contributed by atoms with Gasteiger partial charge >= 0.3 is 6.18 Å². The summed E-state index contributed by atoms with van der Waals surface area (Å²) in [5.74, 6) is -2.69. The number of benzene rings is 1. The first-order chi connectivity index (χ1) is 15.2. The Morgan fingerprint density at radius 3 is 2.22 bits per heavy atom. The minimum Gasteiger partial charge on any atom is -0.480 e. The molecule has 2 N–H and O–H groups in total. The van der Waals surface area contributed by atoms with E-state index in [1.165, 1.54) is 37.4 Å². The number of halogens is 4. The fourth-order valence-electron chi connectivity index (χ4n) is 2.68. The van der Waals surface area contributed by atoms with E-state index in [0.29, 0.717) is 4.68 Å². The first-order valence-corrected chi connectivity index (χ1v) is 9.06. The number of rotatable bonds is 7. The van der Waals surface area contributed by atoms with Crippen LogP contribution >= 0.6 is 0 Å². The van der Waals surface area contributed by atoms with Crippen molar-refractivity contribution < 1.29 is 31.9 Å². The van der Waals surface area contributed by atoms with Crippen LogP contribution in [0.5, 0.6) is 5.88 Å². The molecule has 32 heavy (non-hydrogen) atoms. The zero-order valence-electron chi connectivity index (χ0n) is 16.5. The lowest BCUT2D eigenvalue weighted by atomic mass is 10.2. The quantitative estimate of drug-likeness (QED) is 0.419. The number of alkyl halides is 3. The van der Waals surface area contributed by atoms with Crippen molar-refractivity contribution in [3.05, 3.63) is 65.2 Å². The molecule has 0 radical (unpaired) electrons. The number of nitrogens with one attached hydrogen (secondary N) is 2. The van der Waals surface area contributed by atoms with E-state index in [1.807, 2.05) is 0 Å². The van der Waals surface area contributed by atoms with Crippen LogP contribution < -0.4 is 15.4 Å². The average Bonchev–Trinajstić information content (AvgIpc) is 3.23. The molecule has 2 aromatic heterocycles. The van der Waals surface area contributed by atoms with Crippen molar-refractivity contribution in [3.8, 4) is 11.7 Å². The maximum absolute atomic E-state index is 13.6.